The second-order valence-electron chi connectivity index (χ2n) is 7.09. The molecule has 1 amide bonds. The Balaban J connectivity index is 1.41. The summed E-state index contributed by atoms with van der Waals surface area (Å²) < 4.78 is 11.5. The average Bonchev–Trinajstić information content (AvgIpc) is 3.32. The maximum atomic E-state index is 12.6. The predicted octanol–water partition coefficient (Wildman–Crippen LogP) is 5.85. The molecule has 170 valence electrons. The first-order chi connectivity index (χ1) is 16.5. The van der Waals surface area contributed by atoms with E-state index in [-0.39, 0.29) is 10.7 Å². The molecule has 0 unspecified atom stereocenters. The van der Waals surface area contributed by atoms with Crippen molar-refractivity contribution in [1.29, 1.82) is 0 Å². The van der Waals surface area contributed by atoms with E-state index in [4.69, 9.17) is 20.8 Å². The second kappa shape index (κ2) is 10.5. The van der Waals surface area contributed by atoms with Crippen molar-refractivity contribution in [2.75, 3.05) is 0 Å². The summed E-state index contributed by atoms with van der Waals surface area (Å²) in [7, 11) is 0. The maximum Gasteiger partial charge on any atom is 0.275 e. The van der Waals surface area contributed by atoms with Gasteiger partial charge in [0.25, 0.3) is 11.6 Å². The number of rotatable bonds is 8. The third-order valence-corrected chi connectivity index (χ3v) is 5.10. The van der Waals surface area contributed by atoms with E-state index >= 15 is 0 Å². The highest BCUT2D eigenvalue weighted by atomic mass is 35.5. The molecule has 0 aliphatic rings. The molecule has 1 N–H and O–H groups in total. The van der Waals surface area contributed by atoms with Crippen molar-refractivity contribution in [3.8, 4) is 17.1 Å². The summed E-state index contributed by atoms with van der Waals surface area (Å²) >= 11 is 6.14. The molecule has 4 rings (SSSR count). The molecule has 0 spiro atoms. The molecule has 0 atom stereocenters. The summed E-state index contributed by atoms with van der Waals surface area (Å²) in [5, 5.41) is 15.0. The van der Waals surface area contributed by atoms with Gasteiger partial charge in [0.2, 0.25) is 0 Å². The number of benzene rings is 3. The van der Waals surface area contributed by atoms with Gasteiger partial charge >= 0.3 is 0 Å². The molecule has 0 radical (unpaired) electrons. The van der Waals surface area contributed by atoms with Gasteiger partial charge < -0.3 is 9.15 Å². The minimum Gasteiger partial charge on any atom is -0.488 e. The van der Waals surface area contributed by atoms with E-state index in [0.717, 1.165) is 5.56 Å². The minimum absolute atomic E-state index is 0.113. The minimum atomic E-state index is -0.524. The Morgan fingerprint density at radius 3 is 2.59 bits per heavy atom. The molecular formula is C25H18ClN3O5. The van der Waals surface area contributed by atoms with Crippen LogP contribution in [0.4, 0.5) is 5.69 Å². The number of nitrogens with zero attached hydrogens (tertiary/aromatic N) is 2. The lowest BCUT2D eigenvalue weighted by Gasteiger charge is -2.10. The lowest BCUT2D eigenvalue weighted by atomic mass is 10.1. The summed E-state index contributed by atoms with van der Waals surface area (Å²) in [6, 6.07) is 23.9. The number of ether oxygens (including phenoxy) is 1. The lowest BCUT2D eigenvalue weighted by Crippen LogP contribution is -2.18. The van der Waals surface area contributed by atoms with E-state index < -0.39 is 10.8 Å². The van der Waals surface area contributed by atoms with Crippen molar-refractivity contribution in [2.45, 2.75) is 6.61 Å². The number of nitro benzene ring substituents is 1. The topological polar surface area (TPSA) is 107 Å². The molecule has 8 nitrogen and oxygen atoms in total. The number of para-hydroxylation sites is 1. The molecule has 0 fully saturated rings. The van der Waals surface area contributed by atoms with Gasteiger partial charge in [0, 0.05) is 17.7 Å². The van der Waals surface area contributed by atoms with Crippen LogP contribution in [0, 0.1) is 10.1 Å². The zero-order valence-corrected chi connectivity index (χ0v) is 18.4. The van der Waals surface area contributed by atoms with E-state index in [2.05, 4.69) is 10.5 Å². The number of furan rings is 1. The first-order valence-electron chi connectivity index (χ1n) is 10.1. The molecular weight excluding hydrogens is 458 g/mol. The maximum absolute atomic E-state index is 12.6. The van der Waals surface area contributed by atoms with E-state index in [1.165, 1.54) is 24.4 Å². The Bertz CT molecular complexity index is 1350. The first kappa shape index (κ1) is 22.8. The summed E-state index contributed by atoms with van der Waals surface area (Å²) in [5.74, 6) is 0.767. The Morgan fingerprint density at radius 1 is 1.06 bits per heavy atom. The molecule has 0 saturated carbocycles. The molecule has 3 aromatic carbocycles. The smallest absolute Gasteiger partial charge is 0.275 e. The van der Waals surface area contributed by atoms with Gasteiger partial charge in [-0.2, -0.15) is 5.10 Å². The second-order valence-corrected chi connectivity index (χ2v) is 7.50. The standard InChI is InChI=1S/C25H18ClN3O5/c26-22-14-18(29(31)32)10-12-20(22)24-13-11-19(34-24)15-27-28-25(30)21-8-4-5-9-23(21)33-16-17-6-2-1-3-7-17/h1-15H,16H2,(H,28,30)/b27-15+. The summed E-state index contributed by atoms with van der Waals surface area (Å²) in [4.78, 5) is 23.0. The van der Waals surface area contributed by atoms with Crippen molar-refractivity contribution < 1.29 is 18.9 Å². The first-order valence-corrected chi connectivity index (χ1v) is 10.5. The predicted molar refractivity (Wildman–Crippen MR) is 128 cm³/mol. The van der Waals surface area contributed by atoms with E-state index in [0.29, 0.717) is 35.0 Å². The van der Waals surface area contributed by atoms with E-state index in [9.17, 15) is 14.9 Å². The third kappa shape index (κ3) is 5.48. The molecule has 4 aromatic rings. The summed E-state index contributed by atoms with van der Waals surface area (Å²) in [6.45, 7) is 0.328. The largest absolute Gasteiger partial charge is 0.488 e. The fraction of sp³-hybridized carbons (Fsp3) is 0.0400. The molecule has 9 heteroatoms. The number of hydrogen-bond donors (Lipinski definition) is 1. The van der Waals surface area contributed by atoms with Gasteiger partial charge in [0.15, 0.2) is 0 Å². The lowest BCUT2D eigenvalue weighted by molar-refractivity contribution is -0.384. The third-order valence-electron chi connectivity index (χ3n) is 4.78. The highest BCUT2D eigenvalue weighted by Gasteiger charge is 2.14. The van der Waals surface area contributed by atoms with Crippen molar-refractivity contribution in [1.82, 2.24) is 5.43 Å². The number of carbonyl (C=O) groups is 1. The summed E-state index contributed by atoms with van der Waals surface area (Å²) in [5.41, 5.74) is 4.17. The molecule has 0 aliphatic carbocycles. The van der Waals surface area contributed by atoms with Crippen LogP contribution in [0.3, 0.4) is 0 Å². The normalized spacial score (nSPS) is 10.9. The zero-order valence-electron chi connectivity index (χ0n) is 17.7. The van der Waals surface area contributed by atoms with Crippen LogP contribution >= 0.6 is 11.6 Å². The van der Waals surface area contributed by atoms with Crippen LogP contribution in [-0.4, -0.2) is 17.0 Å². The number of hydrogen-bond acceptors (Lipinski definition) is 6. The molecule has 34 heavy (non-hydrogen) atoms. The SMILES string of the molecule is O=C(N/N=C/c1ccc(-c2ccc([N+](=O)[O-])cc2Cl)o1)c1ccccc1OCc1ccccc1. The number of amides is 1. The Labute approximate surface area is 199 Å². The highest BCUT2D eigenvalue weighted by Crippen LogP contribution is 2.32. The Hall–Kier alpha value is -4.43. The van der Waals surface area contributed by atoms with Crippen LogP contribution in [0.25, 0.3) is 11.3 Å². The number of non-ortho nitro benzene ring substituents is 1. The molecule has 0 bridgehead atoms. The number of hydrazone groups is 1. The number of carbonyl (C=O) groups excluding carboxylic acids is 1. The summed E-state index contributed by atoms with van der Waals surface area (Å²) in [6.07, 6.45) is 1.34. The fourth-order valence-electron chi connectivity index (χ4n) is 3.11. The Kier molecular flexibility index (Phi) is 7.00. The quantitative estimate of drug-likeness (QED) is 0.195. The van der Waals surface area contributed by atoms with E-state index in [1.54, 1.807) is 36.4 Å². The van der Waals surface area contributed by atoms with Gasteiger partial charge in [-0.05, 0) is 35.9 Å². The van der Waals surface area contributed by atoms with Crippen molar-refractivity contribution in [2.24, 2.45) is 5.10 Å². The highest BCUT2D eigenvalue weighted by molar-refractivity contribution is 6.33. The fourth-order valence-corrected chi connectivity index (χ4v) is 3.38. The van der Waals surface area contributed by atoms with Gasteiger partial charge in [0.05, 0.1) is 21.7 Å². The monoisotopic (exact) mass is 475 g/mol. The van der Waals surface area contributed by atoms with Crippen molar-refractivity contribution >= 4 is 29.4 Å². The van der Waals surface area contributed by atoms with E-state index in [1.807, 2.05) is 30.3 Å². The van der Waals surface area contributed by atoms with Crippen LogP contribution in [0.1, 0.15) is 21.7 Å². The average molecular weight is 476 g/mol. The Morgan fingerprint density at radius 2 is 1.82 bits per heavy atom. The number of nitrogens with one attached hydrogen (secondary N) is 1. The van der Waals surface area contributed by atoms with Crippen LogP contribution in [0.2, 0.25) is 5.02 Å². The molecule has 1 aromatic heterocycles. The number of halogens is 1. The van der Waals surface area contributed by atoms with Gasteiger partial charge in [0.1, 0.15) is 23.9 Å². The molecule has 0 aliphatic heterocycles. The molecule has 0 saturated heterocycles. The van der Waals surface area contributed by atoms with Gasteiger partial charge in [-0.3, -0.25) is 14.9 Å². The van der Waals surface area contributed by atoms with Crippen LogP contribution in [-0.2, 0) is 6.61 Å². The molecule has 1 heterocycles. The van der Waals surface area contributed by atoms with Crippen LogP contribution in [0.5, 0.6) is 5.75 Å². The van der Waals surface area contributed by atoms with Gasteiger partial charge in [-0.1, -0.05) is 54.1 Å². The van der Waals surface area contributed by atoms with Crippen molar-refractivity contribution in [3.63, 3.8) is 0 Å². The van der Waals surface area contributed by atoms with Crippen LogP contribution < -0.4 is 10.2 Å². The van der Waals surface area contributed by atoms with Gasteiger partial charge in [-0.25, -0.2) is 5.43 Å². The zero-order chi connectivity index (χ0) is 23.9. The van der Waals surface area contributed by atoms with Crippen LogP contribution in [0.15, 0.2) is 94.4 Å². The van der Waals surface area contributed by atoms with Crippen molar-refractivity contribution in [3.05, 3.63) is 117 Å². The number of nitro groups is 1. The van der Waals surface area contributed by atoms with Gasteiger partial charge in [-0.15, -0.1) is 0 Å².